The second-order valence-electron chi connectivity index (χ2n) is 8.17. The minimum Gasteiger partial charge on any atom is -0.367 e. The van der Waals surface area contributed by atoms with Crippen molar-refractivity contribution in [1.29, 1.82) is 0 Å². The third kappa shape index (κ3) is 3.27. The number of aromatic amines is 1. The van der Waals surface area contributed by atoms with E-state index in [-0.39, 0.29) is 6.04 Å². The number of nitrogens with zero attached hydrogens (tertiary/aromatic N) is 4. The van der Waals surface area contributed by atoms with Gasteiger partial charge in [0.05, 0.1) is 16.9 Å². The summed E-state index contributed by atoms with van der Waals surface area (Å²) in [4.78, 5) is 18.2. The van der Waals surface area contributed by atoms with Crippen molar-refractivity contribution in [2.24, 2.45) is 5.73 Å². The van der Waals surface area contributed by atoms with Crippen LogP contribution in [0.15, 0.2) is 30.3 Å². The van der Waals surface area contributed by atoms with E-state index in [4.69, 9.17) is 15.7 Å². The van der Waals surface area contributed by atoms with E-state index in [1.165, 1.54) is 11.3 Å². The van der Waals surface area contributed by atoms with Crippen LogP contribution < -0.4 is 10.6 Å². The number of aryl methyl sites for hydroxylation is 1. The molecule has 1 fully saturated rings. The number of para-hydroxylation sites is 1. The number of nitrogens with two attached hydrogens (primary N) is 1. The zero-order chi connectivity index (χ0) is 19.1. The van der Waals surface area contributed by atoms with Crippen molar-refractivity contribution in [3.05, 3.63) is 53.1 Å². The number of likely N-dealkylation sites (N-methyl/N-ethyl adjacent to an activating group) is 1. The average Bonchev–Trinajstić information content (AvgIpc) is 3.12. The third-order valence-corrected chi connectivity index (χ3v) is 6.12. The third-order valence-electron chi connectivity index (χ3n) is 6.12. The van der Waals surface area contributed by atoms with Gasteiger partial charge in [0.15, 0.2) is 0 Å². The summed E-state index contributed by atoms with van der Waals surface area (Å²) in [5, 5.41) is 0. The number of hydrogen-bond acceptors (Lipinski definition) is 5. The summed E-state index contributed by atoms with van der Waals surface area (Å²) in [6.07, 6.45) is 3.99. The van der Waals surface area contributed by atoms with Gasteiger partial charge in [-0.3, -0.25) is 4.98 Å². The molecule has 0 saturated carbocycles. The Kier molecular flexibility index (Phi) is 4.53. The van der Waals surface area contributed by atoms with Crippen LogP contribution in [-0.2, 0) is 12.8 Å². The molecule has 6 nitrogen and oxygen atoms in total. The van der Waals surface area contributed by atoms with E-state index in [1.807, 2.05) is 0 Å². The molecule has 1 aromatic carbocycles. The zero-order valence-corrected chi connectivity index (χ0v) is 16.5. The van der Waals surface area contributed by atoms with Crippen LogP contribution in [0, 0.1) is 0 Å². The van der Waals surface area contributed by atoms with Crippen molar-refractivity contribution >= 4 is 16.7 Å². The molecule has 1 aliphatic heterocycles. The van der Waals surface area contributed by atoms with Gasteiger partial charge < -0.3 is 20.5 Å². The number of benzene rings is 1. The first-order valence-electron chi connectivity index (χ1n) is 10.3. The molecule has 1 saturated heterocycles. The van der Waals surface area contributed by atoms with E-state index >= 15 is 0 Å². The predicted molar refractivity (Wildman–Crippen MR) is 113 cm³/mol. The Morgan fingerprint density at radius 2 is 1.96 bits per heavy atom. The summed E-state index contributed by atoms with van der Waals surface area (Å²) in [6.45, 7) is 4.27. The Morgan fingerprint density at radius 3 is 2.82 bits per heavy atom. The summed E-state index contributed by atoms with van der Waals surface area (Å²) >= 11 is 0. The lowest BCUT2D eigenvalue weighted by Crippen LogP contribution is -2.44. The van der Waals surface area contributed by atoms with Crippen LogP contribution in [0.5, 0.6) is 0 Å². The molecule has 0 amide bonds. The number of pyridine rings is 1. The molecule has 0 bridgehead atoms. The Labute approximate surface area is 165 Å². The lowest BCUT2D eigenvalue weighted by Gasteiger charge is -2.34. The van der Waals surface area contributed by atoms with Gasteiger partial charge in [0.25, 0.3) is 0 Å². The first kappa shape index (κ1) is 17.6. The molecule has 1 atom stereocenters. The number of piperazine rings is 1. The van der Waals surface area contributed by atoms with E-state index in [0.29, 0.717) is 6.42 Å². The van der Waals surface area contributed by atoms with Gasteiger partial charge in [-0.15, -0.1) is 0 Å². The maximum absolute atomic E-state index is 6.29. The van der Waals surface area contributed by atoms with Gasteiger partial charge in [0.1, 0.15) is 11.3 Å². The molecule has 0 radical (unpaired) electrons. The molecule has 2 aliphatic rings. The Hall–Kier alpha value is -2.44. The second-order valence-corrected chi connectivity index (χ2v) is 8.17. The number of imidazole rings is 1. The van der Waals surface area contributed by atoms with Gasteiger partial charge in [-0.1, -0.05) is 12.1 Å². The number of hydrogen-bond donors (Lipinski definition) is 2. The molecule has 146 valence electrons. The van der Waals surface area contributed by atoms with Crippen LogP contribution in [0.1, 0.15) is 41.7 Å². The van der Waals surface area contributed by atoms with Crippen LogP contribution in [-0.4, -0.2) is 53.1 Å². The Balaban J connectivity index is 1.43. The molecule has 3 N–H and O–H groups in total. The molecule has 6 heteroatoms. The van der Waals surface area contributed by atoms with Crippen LogP contribution >= 0.6 is 0 Å². The summed E-state index contributed by atoms with van der Waals surface area (Å²) in [5.41, 5.74) is 13.1. The maximum Gasteiger partial charge on any atom is 0.113 e. The van der Waals surface area contributed by atoms with E-state index in [1.54, 1.807) is 0 Å². The summed E-state index contributed by atoms with van der Waals surface area (Å²) < 4.78 is 0. The van der Waals surface area contributed by atoms with E-state index in [9.17, 15) is 0 Å². The van der Waals surface area contributed by atoms with Crippen LogP contribution in [0.2, 0.25) is 0 Å². The smallest absolute Gasteiger partial charge is 0.113 e. The molecule has 28 heavy (non-hydrogen) atoms. The monoisotopic (exact) mass is 376 g/mol. The molecule has 1 unspecified atom stereocenters. The van der Waals surface area contributed by atoms with Gasteiger partial charge in [-0.05, 0) is 50.1 Å². The fourth-order valence-corrected chi connectivity index (χ4v) is 4.45. The molecule has 0 spiro atoms. The number of aromatic nitrogens is 3. The zero-order valence-electron chi connectivity index (χ0n) is 16.5. The summed E-state index contributed by atoms with van der Waals surface area (Å²) in [6, 6.07) is 10.8. The fourth-order valence-electron chi connectivity index (χ4n) is 4.45. The molecule has 3 aromatic rings. The second kappa shape index (κ2) is 7.18. The highest BCUT2D eigenvalue weighted by Gasteiger charge is 2.20. The van der Waals surface area contributed by atoms with Crippen LogP contribution in [0.4, 0.5) is 5.69 Å². The Morgan fingerprint density at radius 1 is 1.11 bits per heavy atom. The van der Waals surface area contributed by atoms with Crippen LogP contribution in [0.3, 0.4) is 0 Å². The lowest BCUT2D eigenvalue weighted by atomic mass is 9.92. The first-order chi connectivity index (χ1) is 13.7. The SMILES string of the molecule is CN1CCN(c2cccc3[nH]c(Cc4ccc5c(n4)C(N)CCC5)nc23)CC1. The average molecular weight is 377 g/mol. The quantitative estimate of drug-likeness (QED) is 0.735. The highest BCUT2D eigenvalue weighted by molar-refractivity contribution is 5.89. The minimum atomic E-state index is 0.0724. The van der Waals surface area contributed by atoms with Crippen molar-refractivity contribution in [3.63, 3.8) is 0 Å². The van der Waals surface area contributed by atoms with Crippen molar-refractivity contribution in [1.82, 2.24) is 19.9 Å². The van der Waals surface area contributed by atoms with Crippen molar-refractivity contribution in [2.45, 2.75) is 31.7 Å². The number of nitrogens with one attached hydrogen (secondary N) is 1. The molecule has 3 heterocycles. The van der Waals surface area contributed by atoms with Crippen molar-refractivity contribution < 1.29 is 0 Å². The minimum absolute atomic E-state index is 0.0724. The maximum atomic E-state index is 6.29. The van der Waals surface area contributed by atoms with E-state index in [2.05, 4.69) is 52.2 Å². The molecule has 2 aromatic heterocycles. The fraction of sp³-hybridized carbons (Fsp3) is 0.455. The number of H-pyrrole nitrogens is 1. The predicted octanol–water partition coefficient (Wildman–Crippen LogP) is 2.64. The highest BCUT2D eigenvalue weighted by Crippen LogP contribution is 2.28. The standard InChI is InChI=1S/C22H28N6/c1-27-10-12-28(13-11-27)19-7-3-6-18-22(19)26-20(25-18)14-16-9-8-15-4-2-5-17(23)21(15)24-16/h3,6-9,17H,2,4-5,10-14,23H2,1H3,(H,25,26). The Bertz CT molecular complexity index is 986. The largest absolute Gasteiger partial charge is 0.367 e. The topological polar surface area (TPSA) is 74.1 Å². The van der Waals surface area contributed by atoms with Gasteiger partial charge in [-0.25, -0.2) is 4.98 Å². The molecular weight excluding hydrogens is 348 g/mol. The molecule has 1 aliphatic carbocycles. The first-order valence-corrected chi connectivity index (χ1v) is 10.3. The normalized spacial score (nSPS) is 20.5. The number of fused-ring (bicyclic) bond motifs is 2. The van der Waals surface area contributed by atoms with E-state index in [0.717, 1.165) is 73.7 Å². The molecule has 5 rings (SSSR count). The van der Waals surface area contributed by atoms with Gasteiger partial charge in [-0.2, -0.15) is 0 Å². The van der Waals surface area contributed by atoms with Gasteiger partial charge in [0.2, 0.25) is 0 Å². The van der Waals surface area contributed by atoms with Crippen molar-refractivity contribution in [2.75, 3.05) is 38.1 Å². The van der Waals surface area contributed by atoms with Gasteiger partial charge >= 0.3 is 0 Å². The summed E-state index contributed by atoms with van der Waals surface area (Å²) in [7, 11) is 2.18. The molecular formula is C22H28N6. The highest BCUT2D eigenvalue weighted by atomic mass is 15.3. The van der Waals surface area contributed by atoms with Crippen molar-refractivity contribution in [3.8, 4) is 0 Å². The van der Waals surface area contributed by atoms with Crippen LogP contribution in [0.25, 0.3) is 11.0 Å². The summed E-state index contributed by atoms with van der Waals surface area (Å²) in [5.74, 6) is 0.966. The van der Waals surface area contributed by atoms with Gasteiger partial charge in [0, 0.05) is 44.3 Å². The lowest BCUT2D eigenvalue weighted by molar-refractivity contribution is 0.313. The van der Waals surface area contributed by atoms with E-state index < -0.39 is 0 Å². The number of anilines is 1. The number of rotatable bonds is 3.